The van der Waals surface area contributed by atoms with Gasteiger partial charge in [0, 0.05) is 18.3 Å². The molecule has 0 saturated carbocycles. The van der Waals surface area contributed by atoms with E-state index in [1.54, 1.807) is 52.3 Å². The highest BCUT2D eigenvalue weighted by Gasteiger charge is 2.35. The third kappa shape index (κ3) is 5.48. The average molecular weight is 370 g/mol. The molecule has 0 atom stereocenters. The summed E-state index contributed by atoms with van der Waals surface area (Å²) in [5.74, 6) is 0.724. The fourth-order valence-corrected chi connectivity index (χ4v) is 2.42. The van der Waals surface area contributed by atoms with Gasteiger partial charge in [-0.15, -0.1) is 0 Å². The largest absolute Gasteiger partial charge is 0.497 e. The van der Waals surface area contributed by atoms with Crippen molar-refractivity contribution >= 4 is 17.5 Å². The minimum atomic E-state index is -1.21. The van der Waals surface area contributed by atoms with Crippen LogP contribution in [-0.4, -0.2) is 32.6 Å². The topological polar surface area (TPSA) is 76.7 Å². The first kappa shape index (κ1) is 20.3. The Morgan fingerprint density at radius 1 is 0.926 bits per heavy atom. The Hall–Kier alpha value is -3.02. The number of carbonyl (C=O) groups is 2. The van der Waals surface area contributed by atoms with Crippen LogP contribution >= 0.6 is 0 Å². The van der Waals surface area contributed by atoms with Crippen LogP contribution in [0.1, 0.15) is 19.4 Å². The van der Waals surface area contributed by atoms with Gasteiger partial charge in [0.15, 0.2) is 0 Å². The number of methoxy groups -OCH3 is 2. The zero-order valence-electron chi connectivity index (χ0n) is 16.2. The summed E-state index contributed by atoms with van der Waals surface area (Å²) >= 11 is 0. The number of carbonyl (C=O) groups excluding carboxylic acids is 2. The molecule has 0 fully saturated rings. The van der Waals surface area contributed by atoms with Gasteiger partial charge < -0.3 is 20.1 Å². The van der Waals surface area contributed by atoms with Crippen LogP contribution in [0.25, 0.3) is 0 Å². The first-order valence-corrected chi connectivity index (χ1v) is 8.73. The molecule has 0 aromatic heterocycles. The smallest absolute Gasteiger partial charge is 0.239 e. The Balaban J connectivity index is 1.89. The monoisotopic (exact) mass is 370 g/mol. The number of nitrogens with one attached hydrogen (secondary N) is 2. The second kappa shape index (κ2) is 9.07. The summed E-state index contributed by atoms with van der Waals surface area (Å²) in [7, 11) is 3.18. The molecule has 2 N–H and O–H groups in total. The first-order valence-electron chi connectivity index (χ1n) is 8.73. The molecule has 0 heterocycles. The normalized spacial score (nSPS) is 10.8. The molecule has 2 rings (SSSR count). The van der Waals surface area contributed by atoms with E-state index >= 15 is 0 Å². The van der Waals surface area contributed by atoms with Gasteiger partial charge >= 0.3 is 0 Å². The van der Waals surface area contributed by atoms with Crippen molar-refractivity contribution in [1.29, 1.82) is 0 Å². The fraction of sp³-hybridized carbons (Fsp3) is 0.333. The van der Waals surface area contributed by atoms with Gasteiger partial charge in [-0.3, -0.25) is 9.59 Å². The van der Waals surface area contributed by atoms with E-state index in [2.05, 4.69) is 10.6 Å². The molecule has 0 aliphatic rings. The number of ether oxygens (including phenoxy) is 2. The molecule has 144 valence electrons. The van der Waals surface area contributed by atoms with E-state index in [1.807, 2.05) is 24.3 Å². The summed E-state index contributed by atoms with van der Waals surface area (Å²) in [6.07, 6.45) is 0.670. The van der Waals surface area contributed by atoms with E-state index < -0.39 is 5.41 Å². The van der Waals surface area contributed by atoms with Crippen molar-refractivity contribution < 1.29 is 19.1 Å². The summed E-state index contributed by atoms with van der Waals surface area (Å²) < 4.78 is 10.3. The highest BCUT2D eigenvalue weighted by molar-refractivity contribution is 6.09. The first-order chi connectivity index (χ1) is 12.9. The van der Waals surface area contributed by atoms with Crippen LogP contribution in [0.3, 0.4) is 0 Å². The predicted octanol–water partition coefficient (Wildman–Crippen LogP) is 3.03. The maximum absolute atomic E-state index is 12.6. The van der Waals surface area contributed by atoms with E-state index in [1.165, 1.54) is 0 Å². The molecular formula is C21H26N2O4. The Kier molecular flexibility index (Phi) is 6.82. The molecule has 6 heteroatoms. The van der Waals surface area contributed by atoms with Gasteiger partial charge in [-0.05, 0) is 50.1 Å². The summed E-state index contributed by atoms with van der Waals surface area (Å²) in [5, 5.41) is 5.60. The van der Waals surface area contributed by atoms with Crippen LogP contribution in [-0.2, 0) is 16.0 Å². The van der Waals surface area contributed by atoms with Crippen molar-refractivity contribution in [2.75, 3.05) is 26.1 Å². The summed E-state index contributed by atoms with van der Waals surface area (Å²) in [5.41, 5.74) is 0.455. The molecule has 0 radical (unpaired) electrons. The molecule has 0 aliphatic carbocycles. The zero-order valence-corrected chi connectivity index (χ0v) is 16.2. The lowest BCUT2D eigenvalue weighted by molar-refractivity contribution is -0.138. The van der Waals surface area contributed by atoms with E-state index in [9.17, 15) is 9.59 Å². The van der Waals surface area contributed by atoms with Crippen molar-refractivity contribution in [1.82, 2.24) is 5.32 Å². The minimum Gasteiger partial charge on any atom is -0.497 e. The average Bonchev–Trinajstić information content (AvgIpc) is 2.68. The van der Waals surface area contributed by atoms with Crippen molar-refractivity contribution in [3.63, 3.8) is 0 Å². The zero-order chi connectivity index (χ0) is 19.9. The lowest BCUT2D eigenvalue weighted by Gasteiger charge is -2.23. The number of hydrogen-bond donors (Lipinski definition) is 2. The van der Waals surface area contributed by atoms with Crippen molar-refractivity contribution in [2.24, 2.45) is 5.41 Å². The standard InChI is InChI=1S/C21H26N2O4/c1-21(2,20(25)23-16-6-5-7-18(14-16)27-4)19(24)22-13-12-15-8-10-17(26-3)11-9-15/h5-11,14H,12-13H2,1-4H3,(H,22,24)(H,23,25). The molecule has 2 amide bonds. The molecule has 0 spiro atoms. The maximum Gasteiger partial charge on any atom is 0.239 e. The SMILES string of the molecule is COc1ccc(CCNC(=O)C(C)(C)C(=O)Nc2cccc(OC)c2)cc1. The number of rotatable bonds is 8. The second-order valence-corrected chi connectivity index (χ2v) is 6.67. The van der Waals surface area contributed by atoms with Crippen LogP contribution < -0.4 is 20.1 Å². The Labute approximate surface area is 159 Å². The van der Waals surface area contributed by atoms with Crippen LogP contribution in [0.4, 0.5) is 5.69 Å². The Bertz CT molecular complexity index is 785. The molecule has 0 saturated heterocycles. The van der Waals surface area contributed by atoms with Gasteiger partial charge in [-0.1, -0.05) is 18.2 Å². The molecule has 27 heavy (non-hydrogen) atoms. The third-order valence-electron chi connectivity index (χ3n) is 4.32. The summed E-state index contributed by atoms with van der Waals surface area (Å²) in [6, 6.07) is 14.7. The quantitative estimate of drug-likeness (QED) is 0.701. The van der Waals surface area contributed by atoms with Gasteiger partial charge in [0.1, 0.15) is 16.9 Å². The molecular weight excluding hydrogens is 344 g/mol. The highest BCUT2D eigenvalue weighted by Crippen LogP contribution is 2.22. The van der Waals surface area contributed by atoms with Crippen LogP contribution in [0.15, 0.2) is 48.5 Å². The summed E-state index contributed by atoms with van der Waals surface area (Å²) in [4.78, 5) is 25.0. The molecule has 2 aromatic carbocycles. The van der Waals surface area contributed by atoms with Crippen LogP contribution in [0.5, 0.6) is 11.5 Å². The van der Waals surface area contributed by atoms with Gasteiger partial charge in [-0.25, -0.2) is 0 Å². The van der Waals surface area contributed by atoms with Crippen molar-refractivity contribution in [2.45, 2.75) is 20.3 Å². The van der Waals surface area contributed by atoms with Crippen LogP contribution in [0, 0.1) is 5.41 Å². The van der Waals surface area contributed by atoms with Gasteiger partial charge in [0.2, 0.25) is 11.8 Å². The Morgan fingerprint density at radius 2 is 1.59 bits per heavy atom. The summed E-state index contributed by atoms with van der Waals surface area (Å²) in [6.45, 7) is 3.65. The third-order valence-corrected chi connectivity index (χ3v) is 4.32. The van der Waals surface area contributed by atoms with E-state index in [-0.39, 0.29) is 11.8 Å². The van der Waals surface area contributed by atoms with Gasteiger partial charge in [-0.2, -0.15) is 0 Å². The molecule has 0 unspecified atom stereocenters. The number of benzene rings is 2. The maximum atomic E-state index is 12.6. The number of hydrogen-bond acceptors (Lipinski definition) is 4. The lowest BCUT2D eigenvalue weighted by atomic mass is 9.91. The predicted molar refractivity (Wildman–Crippen MR) is 105 cm³/mol. The Morgan fingerprint density at radius 3 is 2.22 bits per heavy atom. The molecule has 2 aromatic rings. The van der Waals surface area contributed by atoms with E-state index in [0.29, 0.717) is 24.4 Å². The molecule has 6 nitrogen and oxygen atoms in total. The van der Waals surface area contributed by atoms with E-state index in [0.717, 1.165) is 11.3 Å². The fourth-order valence-electron chi connectivity index (χ4n) is 2.42. The van der Waals surface area contributed by atoms with Gasteiger partial charge in [0.05, 0.1) is 14.2 Å². The van der Waals surface area contributed by atoms with Gasteiger partial charge in [0.25, 0.3) is 0 Å². The lowest BCUT2D eigenvalue weighted by Crippen LogP contribution is -2.45. The van der Waals surface area contributed by atoms with Crippen molar-refractivity contribution in [3.8, 4) is 11.5 Å². The molecule has 0 aliphatic heterocycles. The number of anilines is 1. The van der Waals surface area contributed by atoms with Crippen molar-refractivity contribution in [3.05, 3.63) is 54.1 Å². The van der Waals surface area contributed by atoms with Crippen LogP contribution in [0.2, 0.25) is 0 Å². The minimum absolute atomic E-state index is 0.323. The number of amides is 2. The van der Waals surface area contributed by atoms with E-state index in [4.69, 9.17) is 9.47 Å². The molecule has 0 bridgehead atoms. The second-order valence-electron chi connectivity index (χ2n) is 6.67. The highest BCUT2D eigenvalue weighted by atomic mass is 16.5.